The minimum absolute atomic E-state index is 0.0735. The van der Waals surface area contributed by atoms with Crippen LogP contribution in [0.15, 0.2) is 0 Å². The van der Waals surface area contributed by atoms with Gasteiger partial charge in [0.15, 0.2) is 0 Å². The highest BCUT2D eigenvalue weighted by molar-refractivity contribution is 7.95. The Kier molecular flexibility index (Phi) is 20.5. The fraction of sp³-hybridized carbons (Fsp3) is 0.963. The SMILES string of the molecule is CCCCCCCCCCOCCCOC(O)(P=O)C(=O)OSCC(CCCC)C1CCCCC1. The van der Waals surface area contributed by atoms with Crippen LogP contribution in [-0.2, 0) is 23.0 Å². The van der Waals surface area contributed by atoms with Crippen LogP contribution in [0.3, 0.4) is 0 Å². The smallest absolute Gasteiger partial charge is 0.387 e. The van der Waals surface area contributed by atoms with Crippen LogP contribution in [0.4, 0.5) is 0 Å². The van der Waals surface area contributed by atoms with E-state index in [9.17, 15) is 14.5 Å². The standard InChI is InChI=1S/C27H51O6PS/c1-3-5-7-8-9-10-11-15-20-31-21-16-22-32-27(29,34-30)26(28)33-35-23-25(17-6-4-2)24-18-13-12-14-19-24/h24-25,29H,3-23H2,1-2H3. The summed E-state index contributed by atoms with van der Waals surface area (Å²) < 4.78 is 27.6. The number of aliphatic hydroxyl groups is 1. The molecule has 6 nitrogen and oxygen atoms in total. The van der Waals surface area contributed by atoms with Gasteiger partial charge in [0.2, 0.25) is 8.46 Å². The van der Waals surface area contributed by atoms with Crippen LogP contribution in [0.1, 0.15) is 123 Å². The lowest BCUT2D eigenvalue weighted by molar-refractivity contribution is -0.185. The average molecular weight is 535 g/mol. The Morgan fingerprint density at radius 1 is 0.914 bits per heavy atom. The summed E-state index contributed by atoms with van der Waals surface area (Å²) in [5.74, 6) is 0.886. The Balaban J connectivity index is 2.17. The Morgan fingerprint density at radius 2 is 1.54 bits per heavy atom. The number of carbonyl (C=O) groups is 1. The van der Waals surface area contributed by atoms with E-state index < -0.39 is 20.0 Å². The quantitative estimate of drug-likeness (QED) is 0.0614. The number of rotatable bonds is 23. The second kappa shape index (κ2) is 21.8. The van der Waals surface area contributed by atoms with Gasteiger partial charge in [0, 0.05) is 19.0 Å². The summed E-state index contributed by atoms with van der Waals surface area (Å²) in [6.45, 7) is 5.68. The fourth-order valence-electron chi connectivity index (χ4n) is 4.69. The summed E-state index contributed by atoms with van der Waals surface area (Å²) in [4.78, 5) is 12.4. The zero-order valence-corrected chi connectivity index (χ0v) is 24.1. The number of ether oxygens (including phenoxy) is 2. The maximum atomic E-state index is 12.4. The highest BCUT2D eigenvalue weighted by Crippen LogP contribution is 2.35. The van der Waals surface area contributed by atoms with Crippen LogP contribution in [0.5, 0.6) is 0 Å². The molecule has 0 saturated heterocycles. The van der Waals surface area contributed by atoms with E-state index in [1.807, 2.05) is 0 Å². The van der Waals surface area contributed by atoms with Crippen molar-refractivity contribution in [3.05, 3.63) is 0 Å². The van der Waals surface area contributed by atoms with Crippen molar-refractivity contribution < 1.29 is 28.1 Å². The van der Waals surface area contributed by atoms with Gasteiger partial charge < -0.3 is 18.8 Å². The van der Waals surface area contributed by atoms with Gasteiger partial charge >= 0.3 is 11.5 Å². The van der Waals surface area contributed by atoms with Crippen LogP contribution < -0.4 is 0 Å². The Labute approximate surface area is 220 Å². The van der Waals surface area contributed by atoms with Gasteiger partial charge in [-0.1, -0.05) is 104 Å². The molecule has 0 aliphatic heterocycles. The minimum atomic E-state index is -2.45. The minimum Gasteiger partial charge on any atom is -0.387 e. The van der Waals surface area contributed by atoms with Crippen molar-refractivity contribution in [2.75, 3.05) is 25.6 Å². The molecule has 1 fully saturated rings. The van der Waals surface area contributed by atoms with E-state index in [1.165, 1.54) is 83.5 Å². The molecule has 1 aliphatic carbocycles. The fourth-order valence-corrected chi connectivity index (χ4v) is 5.92. The molecule has 0 amide bonds. The molecule has 1 rings (SSSR count). The van der Waals surface area contributed by atoms with Crippen molar-refractivity contribution in [1.82, 2.24) is 0 Å². The molecule has 0 radical (unpaired) electrons. The van der Waals surface area contributed by atoms with E-state index in [4.69, 9.17) is 13.7 Å². The van der Waals surface area contributed by atoms with Gasteiger partial charge in [-0.3, -0.25) is 4.57 Å². The van der Waals surface area contributed by atoms with E-state index in [0.717, 1.165) is 31.3 Å². The molecule has 8 heteroatoms. The van der Waals surface area contributed by atoms with Gasteiger partial charge in [-0.15, -0.1) is 0 Å². The zero-order valence-electron chi connectivity index (χ0n) is 22.3. The van der Waals surface area contributed by atoms with E-state index >= 15 is 0 Å². The van der Waals surface area contributed by atoms with Gasteiger partial charge in [-0.25, -0.2) is 4.79 Å². The molecule has 206 valence electrons. The van der Waals surface area contributed by atoms with Crippen LogP contribution in [0, 0.1) is 11.8 Å². The molecule has 1 aliphatic rings. The molecule has 0 bridgehead atoms. The molecule has 1 saturated carbocycles. The first-order valence-corrected chi connectivity index (χ1v) is 15.9. The average Bonchev–Trinajstić information content (AvgIpc) is 2.89. The van der Waals surface area contributed by atoms with Crippen molar-refractivity contribution in [3.8, 4) is 0 Å². The summed E-state index contributed by atoms with van der Waals surface area (Å²) in [5.41, 5.74) is -2.45. The van der Waals surface area contributed by atoms with Gasteiger partial charge in [0.25, 0.3) is 0 Å². The summed E-state index contributed by atoms with van der Waals surface area (Å²) >= 11 is 1.06. The maximum absolute atomic E-state index is 12.4. The Morgan fingerprint density at radius 3 is 2.20 bits per heavy atom. The van der Waals surface area contributed by atoms with E-state index in [1.54, 1.807) is 0 Å². The van der Waals surface area contributed by atoms with Gasteiger partial charge in [-0.2, -0.15) is 0 Å². The topological polar surface area (TPSA) is 82.1 Å². The van der Waals surface area contributed by atoms with Gasteiger partial charge in [0.1, 0.15) is 0 Å². The lowest BCUT2D eigenvalue weighted by atomic mass is 9.79. The summed E-state index contributed by atoms with van der Waals surface area (Å²) in [6, 6.07) is 0. The monoisotopic (exact) mass is 534 g/mol. The molecule has 2 unspecified atom stereocenters. The van der Waals surface area contributed by atoms with Crippen molar-refractivity contribution in [2.45, 2.75) is 129 Å². The third kappa shape index (κ3) is 15.6. The van der Waals surface area contributed by atoms with Crippen molar-refractivity contribution in [1.29, 1.82) is 0 Å². The number of unbranched alkanes of at least 4 members (excludes halogenated alkanes) is 8. The molecule has 0 spiro atoms. The largest absolute Gasteiger partial charge is 0.391 e. The second-order valence-corrected chi connectivity index (χ2v) is 11.5. The van der Waals surface area contributed by atoms with Crippen molar-refractivity contribution in [3.63, 3.8) is 0 Å². The molecule has 35 heavy (non-hydrogen) atoms. The first-order chi connectivity index (χ1) is 17.1. The molecule has 2 atom stereocenters. The Hall–Kier alpha value is -0.200. The third-order valence-electron chi connectivity index (χ3n) is 6.93. The second-order valence-electron chi connectivity index (χ2n) is 9.94. The molecule has 0 aromatic heterocycles. The van der Waals surface area contributed by atoms with E-state index in [2.05, 4.69) is 13.8 Å². The molecule has 1 N–H and O–H groups in total. The van der Waals surface area contributed by atoms with Gasteiger partial charge in [0.05, 0.1) is 18.6 Å². The van der Waals surface area contributed by atoms with E-state index in [0.29, 0.717) is 37.2 Å². The lowest BCUT2D eigenvalue weighted by Crippen LogP contribution is -2.37. The Bertz CT molecular complexity index is 532. The predicted octanol–water partition coefficient (Wildman–Crippen LogP) is 8.07. The molecule has 0 aromatic rings. The van der Waals surface area contributed by atoms with Crippen molar-refractivity contribution in [2.24, 2.45) is 11.8 Å². The normalized spacial score (nSPS) is 17.3. The highest BCUT2D eigenvalue weighted by atomic mass is 32.2. The number of hydrogen-bond acceptors (Lipinski definition) is 7. The highest BCUT2D eigenvalue weighted by Gasteiger charge is 2.41. The molecule has 0 aromatic carbocycles. The maximum Gasteiger partial charge on any atom is 0.391 e. The number of carbonyl (C=O) groups excluding carboxylic acids is 1. The molecular weight excluding hydrogens is 483 g/mol. The zero-order chi connectivity index (χ0) is 25.6. The summed E-state index contributed by atoms with van der Waals surface area (Å²) in [7, 11) is -0.811. The summed E-state index contributed by atoms with van der Waals surface area (Å²) in [5, 5.41) is 10.3. The third-order valence-corrected chi connectivity index (χ3v) is 8.32. The summed E-state index contributed by atoms with van der Waals surface area (Å²) in [6.07, 6.45) is 20.4. The van der Waals surface area contributed by atoms with Crippen LogP contribution in [-0.4, -0.2) is 42.2 Å². The first-order valence-electron chi connectivity index (χ1n) is 14.2. The first kappa shape index (κ1) is 32.8. The van der Waals surface area contributed by atoms with Crippen molar-refractivity contribution >= 4 is 26.5 Å². The van der Waals surface area contributed by atoms with E-state index in [-0.39, 0.29) is 6.61 Å². The van der Waals surface area contributed by atoms with Gasteiger partial charge in [-0.05, 0) is 31.1 Å². The molecule has 0 heterocycles. The van der Waals surface area contributed by atoms with Crippen LogP contribution in [0.25, 0.3) is 0 Å². The molecular formula is C27H51O6PS. The van der Waals surface area contributed by atoms with Crippen LogP contribution in [0.2, 0.25) is 0 Å². The predicted molar refractivity (Wildman–Crippen MR) is 145 cm³/mol. The number of hydrogen-bond donors (Lipinski definition) is 1. The lowest BCUT2D eigenvalue weighted by Gasteiger charge is -2.30. The van der Waals surface area contributed by atoms with Crippen LogP contribution >= 0.6 is 20.5 Å².